The third-order valence-electron chi connectivity index (χ3n) is 4.46. The number of ether oxygens (including phenoxy) is 1. The van der Waals surface area contributed by atoms with Crippen molar-refractivity contribution in [2.45, 2.75) is 39.3 Å². The second kappa shape index (κ2) is 7.45. The lowest BCUT2D eigenvalue weighted by molar-refractivity contribution is -0.144. The van der Waals surface area contributed by atoms with Crippen molar-refractivity contribution in [3.63, 3.8) is 0 Å². The molecule has 0 unspecified atom stereocenters. The highest BCUT2D eigenvalue weighted by Gasteiger charge is 2.34. The topological polar surface area (TPSA) is 42.4 Å². The monoisotopic (exact) mass is 344 g/mol. The molecule has 1 fully saturated rings. The zero-order chi connectivity index (χ0) is 17.1. The van der Waals surface area contributed by atoms with E-state index < -0.39 is 0 Å². The van der Waals surface area contributed by atoms with Gasteiger partial charge < -0.3 is 9.64 Å². The fraction of sp³-hybridized carbons (Fsp3) is 0.474. The van der Waals surface area contributed by atoms with E-state index in [1.807, 2.05) is 19.4 Å². The first-order valence-corrected chi connectivity index (χ1v) is 9.26. The van der Waals surface area contributed by atoms with Crippen LogP contribution in [0.25, 0.3) is 0 Å². The maximum atomic E-state index is 13.0. The summed E-state index contributed by atoms with van der Waals surface area (Å²) in [6, 6.07) is 8.32. The summed E-state index contributed by atoms with van der Waals surface area (Å²) < 4.78 is 5.98. The molecule has 1 amide bonds. The van der Waals surface area contributed by atoms with Gasteiger partial charge in [-0.3, -0.25) is 4.79 Å². The summed E-state index contributed by atoms with van der Waals surface area (Å²) in [4.78, 5) is 19.2. The molecule has 1 aliphatic rings. The van der Waals surface area contributed by atoms with Gasteiger partial charge in [0.15, 0.2) is 0 Å². The van der Waals surface area contributed by atoms with Crippen LogP contribution in [0.15, 0.2) is 29.6 Å². The Labute approximate surface area is 147 Å². The van der Waals surface area contributed by atoms with Crippen molar-refractivity contribution >= 4 is 17.2 Å². The van der Waals surface area contributed by atoms with E-state index in [4.69, 9.17) is 4.74 Å². The van der Waals surface area contributed by atoms with Gasteiger partial charge in [0, 0.05) is 24.7 Å². The van der Waals surface area contributed by atoms with Gasteiger partial charge in [0.1, 0.15) is 5.01 Å². The Bertz CT molecular complexity index is 696. The third kappa shape index (κ3) is 3.84. The zero-order valence-electron chi connectivity index (χ0n) is 14.5. The summed E-state index contributed by atoms with van der Waals surface area (Å²) >= 11 is 1.60. The number of hydrogen-bond donors (Lipinski definition) is 0. The van der Waals surface area contributed by atoms with E-state index >= 15 is 0 Å². The summed E-state index contributed by atoms with van der Waals surface area (Å²) in [6.45, 7) is 5.33. The maximum absolute atomic E-state index is 13.0. The highest BCUT2D eigenvalue weighted by Crippen LogP contribution is 2.35. The fourth-order valence-electron chi connectivity index (χ4n) is 3.16. The first-order chi connectivity index (χ1) is 11.5. The Morgan fingerprint density at radius 1 is 1.33 bits per heavy atom. The van der Waals surface area contributed by atoms with Crippen LogP contribution in [0.5, 0.6) is 0 Å². The Kier molecular flexibility index (Phi) is 5.31. The molecule has 1 aliphatic heterocycles. The first kappa shape index (κ1) is 17.1. The summed E-state index contributed by atoms with van der Waals surface area (Å²) in [7, 11) is 1.86. The number of hydrogen-bond acceptors (Lipinski definition) is 4. The molecule has 3 rings (SSSR count). The van der Waals surface area contributed by atoms with Crippen molar-refractivity contribution in [2.75, 3.05) is 13.7 Å². The van der Waals surface area contributed by atoms with Gasteiger partial charge >= 0.3 is 0 Å². The Morgan fingerprint density at radius 3 is 2.75 bits per heavy atom. The minimum absolute atomic E-state index is 0.118. The van der Waals surface area contributed by atoms with Gasteiger partial charge in [-0.25, -0.2) is 4.98 Å². The van der Waals surface area contributed by atoms with Crippen LogP contribution >= 0.6 is 11.3 Å². The van der Waals surface area contributed by atoms with Crippen LogP contribution in [-0.4, -0.2) is 29.4 Å². The number of aryl methyl sites for hydroxylation is 2. The van der Waals surface area contributed by atoms with E-state index in [-0.39, 0.29) is 17.9 Å². The quantitative estimate of drug-likeness (QED) is 0.845. The minimum Gasteiger partial charge on any atom is -0.373 e. The Balaban J connectivity index is 1.74. The van der Waals surface area contributed by atoms with Gasteiger partial charge in [0.05, 0.1) is 18.6 Å². The fourth-order valence-corrected chi connectivity index (χ4v) is 3.98. The number of carbonyl (C=O) groups is 1. The second-order valence-corrected chi connectivity index (χ2v) is 7.47. The first-order valence-electron chi connectivity index (χ1n) is 8.39. The highest BCUT2D eigenvalue weighted by atomic mass is 32.1. The summed E-state index contributed by atoms with van der Waals surface area (Å²) in [6.07, 6.45) is 1.66. The number of rotatable bonds is 4. The van der Waals surface area contributed by atoms with Gasteiger partial charge in [-0.1, -0.05) is 29.8 Å². The molecule has 24 heavy (non-hydrogen) atoms. The van der Waals surface area contributed by atoms with Crippen molar-refractivity contribution in [1.29, 1.82) is 0 Å². The van der Waals surface area contributed by atoms with Crippen LogP contribution < -0.4 is 0 Å². The number of nitrogens with zero attached hydrogens (tertiary/aromatic N) is 2. The molecule has 1 aromatic carbocycles. The Hall–Kier alpha value is -1.72. The molecule has 5 heteroatoms. The Morgan fingerprint density at radius 2 is 2.08 bits per heavy atom. The van der Waals surface area contributed by atoms with Crippen molar-refractivity contribution in [1.82, 2.24) is 9.88 Å². The van der Waals surface area contributed by atoms with Gasteiger partial charge in [-0.2, -0.15) is 0 Å². The smallest absolute Gasteiger partial charge is 0.228 e. The third-order valence-corrected chi connectivity index (χ3v) is 5.41. The summed E-state index contributed by atoms with van der Waals surface area (Å²) in [5.74, 6) is 0.0284. The molecule has 128 valence electrons. The molecule has 1 saturated heterocycles. The van der Waals surface area contributed by atoms with Gasteiger partial charge in [0.2, 0.25) is 5.91 Å². The molecular weight excluding hydrogens is 320 g/mol. The van der Waals surface area contributed by atoms with E-state index in [2.05, 4.69) is 36.2 Å². The zero-order valence-corrected chi connectivity index (χ0v) is 15.3. The van der Waals surface area contributed by atoms with Crippen LogP contribution in [0.1, 0.15) is 40.8 Å². The average Bonchev–Trinajstić information content (AvgIpc) is 3.00. The van der Waals surface area contributed by atoms with Crippen LogP contribution in [0.2, 0.25) is 0 Å². The number of amides is 1. The largest absolute Gasteiger partial charge is 0.373 e. The van der Waals surface area contributed by atoms with Crippen molar-refractivity contribution in [3.8, 4) is 0 Å². The normalized spacial score (nSPS) is 20.8. The number of benzene rings is 1. The molecule has 0 aliphatic carbocycles. The predicted molar refractivity (Wildman–Crippen MR) is 95.9 cm³/mol. The lowest BCUT2D eigenvalue weighted by Crippen LogP contribution is -2.38. The van der Waals surface area contributed by atoms with Gasteiger partial charge in [-0.15, -0.1) is 11.3 Å². The number of carbonyl (C=O) groups excluding carboxylic acids is 1. The number of aromatic nitrogens is 1. The molecule has 2 aromatic rings. The van der Waals surface area contributed by atoms with Crippen LogP contribution in [-0.2, 0) is 16.1 Å². The summed E-state index contributed by atoms with van der Waals surface area (Å²) in [5.41, 5.74) is 3.32. The maximum Gasteiger partial charge on any atom is 0.228 e. The minimum atomic E-state index is -0.146. The molecule has 0 saturated carbocycles. The van der Waals surface area contributed by atoms with Crippen LogP contribution in [0.4, 0.5) is 0 Å². The van der Waals surface area contributed by atoms with Crippen LogP contribution in [0.3, 0.4) is 0 Å². The lowest BCUT2D eigenvalue weighted by atomic mass is 9.88. The molecule has 4 nitrogen and oxygen atoms in total. The molecule has 0 spiro atoms. The van der Waals surface area contributed by atoms with E-state index in [0.29, 0.717) is 6.54 Å². The average molecular weight is 344 g/mol. The second-order valence-electron chi connectivity index (χ2n) is 6.53. The van der Waals surface area contributed by atoms with Crippen molar-refractivity contribution < 1.29 is 9.53 Å². The van der Waals surface area contributed by atoms with Crippen molar-refractivity contribution in [2.24, 2.45) is 5.92 Å². The lowest BCUT2D eigenvalue weighted by Gasteiger charge is -2.33. The molecule has 1 aromatic heterocycles. The van der Waals surface area contributed by atoms with E-state index in [1.165, 1.54) is 5.56 Å². The predicted octanol–water partition coefficient (Wildman–Crippen LogP) is 3.89. The highest BCUT2D eigenvalue weighted by molar-refractivity contribution is 7.09. The van der Waals surface area contributed by atoms with Gasteiger partial charge in [0.25, 0.3) is 0 Å². The van der Waals surface area contributed by atoms with Crippen molar-refractivity contribution in [3.05, 3.63) is 51.5 Å². The summed E-state index contributed by atoms with van der Waals surface area (Å²) in [5, 5.41) is 3.00. The van der Waals surface area contributed by atoms with Crippen LogP contribution in [0, 0.1) is 19.8 Å². The van der Waals surface area contributed by atoms with E-state index in [1.54, 1.807) is 16.2 Å². The number of thiazole rings is 1. The molecular formula is C19H24N2O2S. The molecule has 2 atom stereocenters. The molecule has 0 bridgehead atoms. The molecule has 2 heterocycles. The SMILES string of the molecule is Cc1ccc([C@@H]2OCCC[C@@H]2C(=O)N(C)Cc2nc(C)cs2)cc1. The van der Waals surface area contributed by atoms with Gasteiger partial charge in [-0.05, 0) is 32.3 Å². The standard InChI is InChI=1S/C19H24N2O2S/c1-13-6-8-15(9-7-13)18-16(5-4-10-23-18)19(22)21(3)11-17-20-14(2)12-24-17/h6-9,12,16,18H,4-5,10-11H2,1-3H3/t16-,18-/m0/s1. The molecule has 0 radical (unpaired) electrons. The van der Waals surface area contributed by atoms with E-state index in [9.17, 15) is 4.79 Å². The molecule has 0 N–H and O–H groups in total. The van der Waals surface area contributed by atoms with E-state index in [0.717, 1.165) is 35.7 Å².